The fourth-order valence-electron chi connectivity index (χ4n) is 2.46. The number of hydrogen-bond donors (Lipinski definition) is 1. The summed E-state index contributed by atoms with van der Waals surface area (Å²) in [6.45, 7) is 2.67. The second kappa shape index (κ2) is 5.35. The highest BCUT2D eigenvalue weighted by Gasteiger charge is 2.32. The average molecular weight is 260 g/mol. The molecule has 98 valence electrons. The fourth-order valence-corrected chi connectivity index (χ4v) is 4.07. The van der Waals surface area contributed by atoms with Crippen LogP contribution in [0.5, 0.6) is 0 Å². The van der Waals surface area contributed by atoms with Crippen molar-refractivity contribution in [3.8, 4) is 0 Å². The highest BCUT2D eigenvalue weighted by molar-refractivity contribution is 7.92. The third-order valence-corrected chi connectivity index (χ3v) is 5.62. The average Bonchev–Trinajstić information content (AvgIpc) is 2.84. The van der Waals surface area contributed by atoms with Gasteiger partial charge in [-0.25, -0.2) is 8.42 Å². The van der Waals surface area contributed by atoms with E-state index in [1.54, 1.807) is 4.90 Å². The summed E-state index contributed by atoms with van der Waals surface area (Å²) in [5, 5.41) is 2.66. The maximum absolute atomic E-state index is 12.0. The van der Waals surface area contributed by atoms with Crippen molar-refractivity contribution >= 4 is 15.7 Å². The monoisotopic (exact) mass is 260 g/mol. The largest absolute Gasteiger partial charge is 0.342 e. The standard InChI is InChI=1S/C11H20N2O3S/c14-11(13-6-2-1-3-7-13)9-17(15,16)10-4-5-12-8-10/h10,12H,1-9H2. The van der Waals surface area contributed by atoms with Crippen LogP contribution in [0.4, 0.5) is 0 Å². The van der Waals surface area contributed by atoms with Gasteiger partial charge in [0.25, 0.3) is 0 Å². The van der Waals surface area contributed by atoms with E-state index < -0.39 is 9.84 Å². The molecule has 5 nitrogen and oxygen atoms in total. The van der Waals surface area contributed by atoms with Crippen molar-refractivity contribution in [3.63, 3.8) is 0 Å². The fraction of sp³-hybridized carbons (Fsp3) is 0.909. The minimum atomic E-state index is -3.26. The van der Waals surface area contributed by atoms with Crippen LogP contribution in [0.25, 0.3) is 0 Å². The zero-order valence-corrected chi connectivity index (χ0v) is 10.8. The van der Waals surface area contributed by atoms with E-state index in [9.17, 15) is 13.2 Å². The number of piperidine rings is 1. The molecule has 6 heteroatoms. The molecule has 0 spiro atoms. The molecule has 2 aliphatic heterocycles. The van der Waals surface area contributed by atoms with E-state index in [4.69, 9.17) is 0 Å². The molecule has 0 bridgehead atoms. The third-order valence-electron chi connectivity index (χ3n) is 3.56. The Kier molecular flexibility index (Phi) is 4.04. The topological polar surface area (TPSA) is 66.5 Å². The van der Waals surface area contributed by atoms with E-state index in [2.05, 4.69) is 5.32 Å². The Morgan fingerprint density at radius 3 is 2.53 bits per heavy atom. The molecule has 2 aliphatic rings. The zero-order valence-electron chi connectivity index (χ0n) is 10.0. The summed E-state index contributed by atoms with van der Waals surface area (Å²) in [5.74, 6) is -0.518. The summed E-state index contributed by atoms with van der Waals surface area (Å²) < 4.78 is 24.0. The van der Waals surface area contributed by atoms with Gasteiger partial charge in [0, 0.05) is 19.6 Å². The summed E-state index contributed by atoms with van der Waals surface area (Å²) in [4.78, 5) is 13.6. The van der Waals surface area contributed by atoms with Crippen molar-refractivity contribution in [2.45, 2.75) is 30.9 Å². The van der Waals surface area contributed by atoms with Crippen LogP contribution >= 0.6 is 0 Å². The molecular formula is C11H20N2O3S. The van der Waals surface area contributed by atoms with Crippen LogP contribution in [0.3, 0.4) is 0 Å². The molecule has 2 fully saturated rings. The lowest BCUT2D eigenvalue weighted by Crippen LogP contribution is -2.41. The highest BCUT2D eigenvalue weighted by atomic mass is 32.2. The molecule has 1 N–H and O–H groups in total. The Bertz CT molecular complexity index is 368. The van der Waals surface area contributed by atoms with E-state index in [0.29, 0.717) is 13.0 Å². The minimum Gasteiger partial charge on any atom is -0.342 e. The Labute approximate surface area is 102 Å². The minimum absolute atomic E-state index is 0.211. The number of likely N-dealkylation sites (tertiary alicyclic amines) is 1. The lowest BCUT2D eigenvalue weighted by molar-refractivity contribution is -0.129. The SMILES string of the molecule is O=C(CS(=O)(=O)C1CCNC1)N1CCCCC1. The van der Waals surface area contributed by atoms with Crippen molar-refractivity contribution in [2.75, 3.05) is 31.9 Å². The van der Waals surface area contributed by atoms with E-state index in [1.165, 1.54) is 0 Å². The van der Waals surface area contributed by atoms with Crippen molar-refractivity contribution in [3.05, 3.63) is 0 Å². The Balaban J connectivity index is 1.92. The number of carbonyl (C=O) groups excluding carboxylic acids is 1. The van der Waals surface area contributed by atoms with Gasteiger partial charge in [0.15, 0.2) is 9.84 Å². The lowest BCUT2D eigenvalue weighted by Gasteiger charge is -2.27. The molecule has 0 aromatic rings. The molecule has 2 heterocycles. The summed E-state index contributed by atoms with van der Waals surface area (Å²) in [6, 6.07) is 0. The first-order valence-corrected chi connectivity index (χ1v) is 8.01. The first-order valence-electron chi connectivity index (χ1n) is 6.30. The summed E-state index contributed by atoms with van der Waals surface area (Å²) in [6.07, 6.45) is 3.77. The molecule has 0 aliphatic carbocycles. The maximum atomic E-state index is 12.0. The lowest BCUT2D eigenvalue weighted by atomic mass is 10.1. The Morgan fingerprint density at radius 2 is 1.94 bits per heavy atom. The van der Waals surface area contributed by atoms with Crippen LogP contribution in [0.1, 0.15) is 25.7 Å². The number of carbonyl (C=O) groups is 1. The molecule has 1 atom stereocenters. The van der Waals surface area contributed by atoms with Crippen LogP contribution in [-0.2, 0) is 14.6 Å². The predicted molar refractivity (Wildman–Crippen MR) is 65.5 cm³/mol. The van der Waals surface area contributed by atoms with Crippen molar-refractivity contribution in [1.82, 2.24) is 10.2 Å². The van der Waals surface area contributed by atoms with Crippen LogP contribution in [-0.4, -0.2) is 56.4 Å². The first kappa shape index (κ1) is 12.8. The summed E-state index contributed by atoms with van der Waals surface area (Å²) in [7, 11) is -3.26. The van der Waals surface area contributed by atoms with Crippen molar-refractivity contribution in [1.29, 1.82) is 0 Å². The number of sulfone groups is 1. The molecular weight excluding hydrogens is 240 g/mol. The summed E-state index contributed by atoms with van der Waals surface area (Å²) in [5.41, 5.74) is 0. The quantitative estimate of drug-likeness (QED) is 0.761. The van der Waals surface area contributed by atoms with Gasteiger partial charge < -0.3 is 10.2 Å². The molecule has 0 aromatic heterocycles. The third kappa shape index (κ3) is 3.19. The van der Waals surface area contributed by atoms with Crippen LogP contribution in [0.15, 0.2) is 0 Å². The van der Waals surface area contributed by atoms with Gasteiger partial charge in [0.2, 0.25) is 5.91 Å². The van der Waals surface area contributed by atoms with Crippen molar-refractivity contribution < 1.29 is 13.2 Å². The molecule has 1 unspecified atom stereocenters. The number of amides is 1. The number of nitrogens with zero attached hydrogens (tertiary/aromatic N) is 1. The van der Waals surface area contributed by atoms with Crippen LogP contribution in [0, 0.1) is 0 Å². The van der Waals surface area contributed by atoms with E-state index >= 15 is 0 Å². The second-order valence-electron chi connectivity index (χ2n) is 4.86. The van der Waals surface area contributed by atoms with Gasteiger partial charge in [-0.1, -0.05) is 0 Å². The molecule has 0 radical (unpaired) electrons. The van der Waals surface area contributed by atoms with Gasteiger partial charge in [-0.05, 0) is 32.2 Å². The molecule has 1 amide bonds. The Morgan fingerprint density at radius 1 is 1.24 bits per heavy atom. The van der Waals surface area contributed by atoms with E-state index in [-0.39, 0.29) is 16.9 Å². The van der Waals surface area contributed by atoms with Gasteiger partial charge in [-0.15, -0.1) is 0 Å². The van der Waals surface area contributed by atoms with Crippen LogP contribution in [0.2, 0.25) is 0 Å². The predicted octanol–water partition coefficient (Wildman–Crippen LogP) is -0.224. The van der Waals surface area contributed by atoms with Gasteiger partial charge in [0.05, 0.1) is 5.25 Å². The van der Waals surface area contributed by atoms with Gasteiger partial charge >= 0.3 is 0 Å². The molecule has 17 heavy (non-hydrogen) atoms. The second-order valence-corrected chi connectivity index (χ2v) is 7.14. The van der Waals surface area contributed by atoms with Gasteiger partial charge in [-0.3, -0.25) is 4.79 Å². The van der Waals surface area contributed by atoms with Crippen molar-refractivity contribution in [2.24, 2.45) is 0 Å². The number of nitrogens with one attached hydrogen (secondary N) is 1. The van der Waals surface area contributed by atoms with E-state index in [0.717, 1.165) is 38.9 Å². The van der Waals surface area contributed by atoms with E-state index in [1.807, 2.05) is 0 Å². The van der Waals surface area contributed by atoms with Gasteiger partial charge in [0.1, 0.15) is 5.75 Å². The summed E-state index contributed by atoms with van der Waals surface area (Å²) >= 11 is 0. The molecule has 0 aromatic carbocycles. The van der Waals surface area contributed by atoms with Gasteiger partial charge in [-0.2, -0.15) is 0 Å². The number of hydrogen-bond acceptors (Lipinski definition) is 4. The Hall–Kier alpha value is -0.620. The number of rotatable bonds is 3. The smallest absolute Gasteiger partial charge is 0.237 e. The maximum Gasteiger partial charge on any atom is 0.237 e. The highest BCUT2D eigenvalue weighted by Crippen LogP contribution is 2.14. The molecule has 0 saturated carbocycles. The molecule has 2 rings (SSSR count). The first-order chi connectivity index (χ1) is 8.09. The zero-order chi connectivity index (χ0) is 12.3. The molecule has 2 saturated heterocycles. The normalized spacial score (nSPS) is 26.1. The van der Waals surface area contributed by atoms with Crippen LogP contribution < -0.4 is 5.32 Å².